The van der Waals surface area contributed by atoms with Gasteiger partial charge in [-0.1, -0.05) is 0 Å². The van der Waals surface area contributed by atoms with Gasteiger partial charge in [0, 0.05) is 35.4 Å². The number of nitrogens with zero attached hydrogens (tertiary/aromatic N) is 2. The summed E-state index contributed by atoms with van der Waals surface area (Å²) in [4.78, 5) is 32.9. The molecule has 1 fully saturated rings. The average molecular weight is 350 g/mol. The van der Waals surface area contributed by atoms with Gasteiger partial charge < -0.3 is 0 Å². The van der Waals surface area contributed by atoms with Crippen molar-refractivity contribution in [3.63, 3.8) is 0 Å². The van der Waals surface area contributed by atoms with Crippen LogP contribution in [0.4, 0.5) is 11.4 Å². The van der Waals surface area contributed by atoms with E-state index in [2.05, 4.69) is 0 Å². The first-order valence-electron chi connectivity index (χ1n) is 7.89. The smallest absolute Gasteiger partial charge is 0.269 e. The second-order valence-electron chi connectivity index (χ2n) is 5.87. The number of rotatable bonds is 4. The van der Waals surface area contributed by atoms with Gasteiger partial charge >= 0.3 is 0 Å². The maximum Gasteiger partial charge on any atom is 0.269 e. The van der Waals surface area contributed by atoms with Gasteiger partial charge in [0.15, 0.2) is 5.78 Å². The molecule has 0 unspecified atom stereocenters. The minimum absolute atomic E-state index is 0.00338. The van der Waals surface area contributed by atoms with Gasteiger partial charge in [-0.2, -0.15) is 0 Å². The van der Waals surface area contributed by atoms with Crippen LogP contribution >= 0.6 is 0 Å². The highest BCUT2D eigenvalue weighted by Crippen LogP contribution is 2.30. The zero-order chi connectivity index (χ0) is 18.7. The van der Waals surface area contributed by atoms with E-state index in [0.29, 0.717) is 24.0 Å². The van der Waals surface area contributed by atoms with Gasteiger partial charge in [-0.25, -0.2) is 0 Å². The number of ketones is 1. The van der Waals surface area contributed by atoms with Crippen LogP contribution in [0.15, 0.2) is 59.7 Å². The number of non-ortho nitro benzene ring substituents is 2. The Labute approximate surface area is 148 Å². The maximum absolute atomic E-state index is 12.5. The lowest BCUT2D eigenvalue weighted by atomic mass is 10.1. The first kappa shape index (κ1) is 17.2. The normalized spacial score (nSPS) is 17.0. The van der Waals surface area contributed by atoms with E-state index in [-0.39, 0.29) is 17.2 Å². The van der Waals surface area contributed by atoms with Gasteiger partial charge in [0.25, 0.3) is 11.4 Å². The Hall–Kier alpha value is -3.61. The Morgan fingerprint density at radius 3 is 1.35 bits per heavy atom. The minimum atomic E-state index is -0.470. The topological polar surface area (TPSA) is 103 Å². The second-order valence-corrected chi connectivity index (χ2v) is 5.87. The summed E-state index contributed by atoms with van der Waals surface area (Å²) in [6, 6.07) is 12.0. The Bertz CT molecular complexity index is 863. The minimum Gasteiger partial charge on any atom is -0.289 e. The number of hydrogen-bond acceptors (Lipinski definition) is 5. The van der Waals surface area contributed by atoms with Crippen molar-refractivity contribution in [2.45, 2.75) is 12.8 Å². The maximum atomic E-state index is 12.5. The number of carbonyl (C=O) groups excluding carboxylic acids is 1. The third-order valence-electron chi connectivity index (χ3n) is 4.14. The molecular formula is C19H14N2O5. The van der Waals surface area contributed by atoms with Crippen molar-refractivity contribution in [1.29, 1.82) is 0 Å². The molecular weight excluding hydrogens is 336 g/mol. The summed E-state index contributed by atoms with van der Waals surface area (Å²) < 4.78 is 0. The first-order chi connectivity index (χ1) is 12.4. The quantitative estimate of drug-likeness (QED) is 0.464. The molecule has 7 nitrogen and oxygen atoms in total. The Balaban J connectivity index is 1.78. The van der Waals surface area contributed by atoms with E-state index < -0.39 is 9.85 Å². The van der Waals surface area contributed by atoms with Crippen molar-refractivity contribution in [2.24, 2.45) is 0 Å². The summed E-state index contributed by atoms with van der Waals surface area (Å²) in [7, 11) is 0. The fourth-order valence-corrected chi connectivity index (χ4v) is 2.76. The molecule has 7 heteroatoms. The van der Waals surface area contributed by atoms with Gasteiger partial charge in [0.1, 0.15) is 0 Å². The van der Waals surface area contributed by atoms with Crippen LogP contribution in [0.3, 0.4) is 0 Å². The Morgan fingerprint density at radius 2 is 1.04 bits per heavy atom. The molecule has 0 radical (unpaired) electrons. The van der Waals surface area contributed by atoms with Gasteiger partial charge in [0.05, 0.1) is 9.85 Å². The van der Waals surface area contributed by atoms with Crippen LogP contribution in [0.25, 0.3) is 12.2 Å². The number of carbonyl (C=O) groups is 1. The molecule has 2 aromatic rings. The molecule has 0 bridgehead atoms. The number of allylic oxidation sites excluding steroid dienone is 2. The van der Waals surface area contributed by atoms with Crippen LogP contribution in [0.2, 0.25) is 0 Å². The lowest BCUT2D eigenvalue weighted by Crippen LogP contribution is -1.96. The van der Waals surface area contributed by atoms with E-state index in [0.717, 1.165) is 11.1 Å². The van der Waals surface area contributed by atoms with E-state index in [9.17, 15) is 25.0 Å². The highest BCUT2D eigenvalue weighted by molar-refractivity contribution is 6.15. The number of nitro benzene ring substituents is 2. The Morgan fingerprint density at radius 1 is 0.692 bits per heavy atom. The number of benzene rings is 2. The monoisotopic (exact) mass is 350 g/mol. The molecule has 0 N–H and O–H groups in total. The predicted octanol–water partition coefficient (Wildman–Crippen LogP) is 4.33. The molecule has 0 heterocycles. The van der Waals surface area contributed by atoms with E-state index in [1.54, 1.807) is 36.4 Å². The predicted molar refractivity (Wildman–Crippen MR) is 96.4 cm³/mol. The Kier molecular flexibility index (Phi) is 4.70. The molecule has 0 atom stereocenters. The van der Waals surface area contributed by atoms with Crippen LogP contribution < -0.4 is 0 Å². The molecule has 130 valence electrons. The van der Waals surface area contributed by atoms with Gasteiger partial charge in [-0.05, 0) is 60.4 Å². The third kappa shape index (κ3) is 3.72. The molecule has 1 saturated carbocycles. The molecule has 2 aromatic carbocycles. The third-order valence-corrected chi connectivity index (χ3v) is 4.14. The fraction of sp³-hybridized carbons (Fsp3) is 0.105. The van der Waals surface area contributed by atoms with Crippen molar-refractivity contribution >= 4 is 29.3 Å². The van der Waals surface area contributed by atoms with Crippen LogP contribution in [0.1, 0.15) is 24.0 Å². The highest BCUT2D eigenvalue weighted by atomic mass is 16.6. The molecule has 0 saturated heterocycles. The molecule has 0 aliphatic heterocycles. The zero-order valence-electron chi connectivity index (χ0n) is 13.6. The van der Waals surface area contributed by atoms with E-state index in [1.807, 2.05) is 0 Å². The van der Waals surface area contributed by atoms with E-state index >= 15 is 0 Å². The number of nitro groups is 2. The van der Waals surface area contributed by atoms with Crippen LogP contribution in [0, 0.1) is 20.2 Å². The molecule has 0 amide bonds. The van der Waals surface area contributed by atoms with Crippen molar-refractivity contribution in [3.8, 4) is 0 Å². The average Bonchev–Trinajstić information content (AvgIpc) is 2.96. The largest absolute Gasteiger partial charge is 0.289 e. The summed E-state index contributed by atoms with van der Waals surface area (Å²) in [5, 5.41) is 21.3. The van der Waals surface area contributed by atoms with Gasteiger partial charge in [-0.15, -0.1) is 0 Å². The summed E-state index contributed by atoms with van der Waals surface area (Å²) in [6.45, 7) is 0. The highest BCUT2D eigenvalue weighted by Gasteiger charge is 2.23. The molecule has 3 rings (SSSR count). The van der Waals surface area contributed by atoms with E-state index in [1.165, 1.54) is 24.3 Å². The summed E-state index contributed by atoms with van der Waals surface area (Å²) in [5.41, 5.74) is 2.76. The van der Waals surface area contributed by atoms with Gasteiger partial charge in [0.2, 0.25) is 0 Å². The summed E-state index contributed by atoms with van der Waals surface area (Å²) >= 11 is 0. The standard InChI is InChI=1S/C19H14N2O5/c22-19-15(11-13-1-7-17(8-2-13)20(23)24)5-6-16(19)12-14-3-9-18(10-4-14)21(25)26/h1-4,7-12H,5-6H2/b15-11+,16-12+. The van der Waals surface area contributed by atoms with Gasteiger partial charge in [-0.3, -0.25) is 25.0 Å². The van der Waals surface area contributed by atoms with Crippen molar-refractivity contribution in [2.75, 3.05) is 0 Å². The molecule has 1 aliphatic rings. The van der Waals surface area contributed by atoms with Crippen LogP contribution in [0.5, 0.6) is 0 Å². The zero-order valence-corrected chi connectivity index (χ0v) is 13.6. The molecule has 1 aliphatic carbocycles. The lowest BCUT2D eigenvalue weighted by Gasteiger charge is -1.98. The van der Waals surface area contributed by atoms with Crippen molar-refractivity contribution in [3.05, 3.63) is 91.0 Å². The summed E-state index contributed by atoms with van der Waals surface area (Å²) in [5.74, 6) is -0.0679. The summed E-state index contributed by atoms with van der Waals surface area (Å²) in [6.07, 6.45) is 4.66. The fourth-order valence-electron chi connectivity index (χ4n) is 2.76. The molecule has 26 heavy (non-hydrogen) atoms. The molecule has 0 spiro atoms. The lowest BCUT2D eigenvalue weighted by molar-refractivity contribution is -0.385. The second kappa shape index (κ2) is 7.10. The first-order valence-corrected chi connectivity index (χ1v) is 7.89. The van der Waals surface area contributed by atoms with Crippen LogP contribution in [-0.2, 0) is 4.79 Å². The van der Waals surface area contributed by atoms with Crippen molar-refractivity contribution < 1.29 is 14.6 Å². The number of hydrogen-bond donors (Lipinski definition) is 0. The van der Waals surface area contributed by atoms with Crippen molar-refractivity contribution in [1.82, 2.24) is 0 Å². The molecule has 0 aromatic heterocycles. The number of Topliss-reactive ketones (excluding diaryl/α,β-unsaturated/α-hetero) is 1. The van der Waals surface area contributed by atoms with Crippen LogP contribution in [-0.4, -0.2) is 15.6 Å². The van der Waals surface area contributed by atoms with E-state index in [4.69, 9.17) is 0 Å². The SMILES string of the molecule is O=C1/C(=C/c2ccc([N+](=O)[O-])cc2)CC/C1=C\c1ccc([N+](=O)[O-])cc1.